The molecule has 6 fully saturated rings. The van der Waals surface area contributed by atoms with Gasteiger partial charge in [-0.05, 0) is 46.5 Å². The Labute approximate surface area is 203 Å². The van der Waals surface area contributed by atoms with Gasteiger partial charge >= 0.3 is 0 Å². The minimum atomic E-state index is -0.481. The van der Waals surface area contributed by atoms with Crippen LogP contribution in [0.15, 0.2) is 21.1 Å². The lowest BCUT2D eigenvalue weighted by Crippen LogP contribution is -2.61. The first-order valence-corrected chi connectivity index (χ1v) is 13.3. The fourth-order valence-electron chi connectivity index (χ4n) is 7.53. The van der Waals surface area contributed by atoms with Gasteiger partial charge in [0.25, 0.3) is 0 Å². The lowest BCUT2D eigenvalue weighted by molar-refractivity contribution is -0.155. The number of Topliss-reactive ketones (excluding diaryl/α,β-unsaturated/α-hetero) is 2. The maximum atomic E-state index is 12.6. The molecule has 2 saturated carbocycles. The second-order valence-electron chi connectivity index (χ2n) is 10.8. The standard InChI is InChI=1S/2C12H13BrO3/c2*13-9-4-11-5-15-2-1-7(11)3-8(9)12(6-16-12)10(11)14/h2*4,7-8H,1-3,5-6H2/t7?,8?,11-,12+;7?,8?,11-,12-/m11/s1. The van der Waals surface area contributed by atoms with Crippen molar-refractivity contribution >= 4 is 43.4 Å². The number of halogens is 2. The third-order valence-electron chi connectivity index (χ3n) is 9.51. The Morgan fingerprint density at radius 3 is 1.50 bits per heavy atom. The second-order valence-corrected chi connectivity index (χ2v) is 12.6. The molecule has 10 aliphatic rings. The number of epoxide rings is 2. The van der Waals surface area contributed by atoms with Gasteiger partial charge in [-0.1, -0.05) is 44.0 Å². The third-order valence-corrected chi connectivity index (χ3v) is 11.1. The predicted octanol–water partition coefficient (Wildman–Crippen LogP) is 3.32. The number of carbonyl (C=O) groups is 2. The Balaban J connectivity index is 0.000000113. The van der Waals surface area contributed by atoms with E-state index in [2.05, 4.69) is 44.0 Å². The van der Waals surface area contributed by atoms with E-state index in [4.69, 9.17) is 18.9 Å². The van der Waals surface area contributed by atoms with Crippen molar-refractivity contribution in [2.45, 2.75) is 36.9 Å². The maximum absolute atomic E-state index is 12.6. The van der Waals surface area contributed by atoms with Crippen LogP contribution < -0.4 is 0 Å². The monoisotopic (exact) mass is 568 g/mol. The van der Waals surface area contributed by atoms with Crippen LogP contribution in [0.5, 0.6) is 0 Å². The molecule has 0 amide bonds. The molecule has 4 unspecified atom stereocenters. The Morgan fingerprint density at radius 1 is 0.719 bits per heavy atom. The first kappa shape index (κ1) is 20.9. The number of rotatable bonds is 0. The first-order chi connectivity index (χ1) is 15.4. The Morgan fingerprint density at radius 2 is 1.12 bits per heavy atom. The molecule has 32 heavy (non-hydrogen) atoms. The lowest BCUT2D eigenvalue weighted by Gasteiger charge is -2.52. The quantitative estimate of drug-likeness (QED) is 0.417. The van der Waals surface area contributed by atoms with E-state index in [-0.39, 0.29) is 34.2 Å². The molecule has 4 bridgehead atoms. The highest BCUT2D eigenvalue weighted by atomic mass is 79.9. The fraction of sp³-hybridized carbons (Fsp3) is 0.750. The van der Waals surface area contributed by atoms with E-state index < -0.39 is 11.2 Å². The minimum Gasteiger partial charge on any atom is -0.380 e. The van der Waals surface area contributed by atoms with Gasteiger partial charge in [-0.3, -0.25) is 9.59 Å². The molecule has 8 heteroatoms. The molecule has 172 valence electrons. The van der Waals surface area contributed by atoms with Crippen LogP contribution in [0.2, 0.25) is 0 Å². The summed E-state index contributed by atoms with van der Waals surface area (Å²) in [4.78, 5) is 25.2. The van der Waals surface area contributed by atoms with Crippen molar-refractivity contribution in [2.24, 2.45) is 34.5 Å². The largest absolute Gasteiger partial charge is 0.380 e. The molecule has 4 heterocycles. The highest BCUT2D eigenvalue weighted by Crippen LogP contribution is 2.64. The summed E-state index contributed by atoms with van der Waals surface area (Å²) in [5.41, 5.74) is -1.74. The average Bonchev–Trinajstić information content (AvgIpc) is 3.72. The van der Waals surface area contributed by atoms with Crippen LogP contribution >= 0.6 is 31.9 Å². The van der Waals surface area contributed by atoms with E-state index in [0.29, 0.717) is 38.3 Å². The molecule has 0 aromatic carbocycles. The van der Waals surface area contributed by atoms with Crippen molar-refractivity contribution in [1.82, 2.24) is 0 Å². The van der Waals surface area contributed by atoms with Crippen molar-refractivity contribution in [3.05, 3.63) is 21.1 Å². The van der Waals surface area contributed by atoms with Crippen LogP contribution in [0.25, 0.3) is 0 Å². The Bertz CT molecular complexity index is 903. The molecule has 0 radical (unpaired) electrons. The van der Waals surface area contributed by atoms with Crippen molar-refractivity contribution in [3.8, 4) is 0 Å². The molecule has 10 rings (SSSR count). The molecule has 4 spiro atoms. The minimum absolute atomic E-state index is 0.268. The number of hydrogen-bond acceptors (Lipinski definition) is 6. The second kappa shape index (κ2) is 6.64. The SMILES string of the molecule is O=C1[C@@]23C=C(Br)C(CC2CCOC3)[C@@]12CO2.O=C1[C@@]23C=C(Br)C(CC2CCOC3)[C@]12CO2. The number of ether oxygens (including phenoxy) is 4. The third kappa shape index (κ3) is 2.44. The van der Waals surface area contributed by atoms with Crippen LogP contribution in [0.3, 0.4) is 0 Å². The summed E-state index contributed by atoms with van der Waals surface area (Å²) >= 11 is 7.24. The van der Waals surface area contributed by atoms with Crippen molar-refractivity contribution in [3.63, 3.8) is 0 Å². The van der Waals surface area contributed by atoms with Crippen LogP contribution in [0.1, 0.15) is 25.7 Å². The molecule has 0 aromatic rings. The van der Waals surface area contributed by atoms with E-state index in [1.807, 2.05) is 0 Å². The summed E-state index contributed by atoms with van der Waals surface area (Å²) < 4.78 is 24.5. The van der Waals surface area contributed by atoms with Gasteiger partial charge in [-0.15, -0.1) is 0 Å². The van der Waals surface area contributed by atoms with Crippen molar-refractivity contribution in [1.29, 1.82) is 0 Å². The molecule has 6 aliphatic carbocycles. The summed E-state index contributed by atoms with van der Waals surface area (Å²) in [7, 11) is 0. The topological polar surface area (TPSA) is 77.7 Å². The Hall–Kier alpha value is -0.380. The van der Waals surface area contributed by atoms with E-state index in [9.17, 15) is 9.59 Å². The zero-order valence-corrected chi connectivity index (χ0v) is 20.9. The molecular weight excluding hydrogens is 544 g/mol. The van der Waals surface area contributed by atoms with Gasteiger partial charge in [0.2, 0.25) is 0 Å². The van der Waals surface area contributed by atoms with Gasteiger partial charge < -0.3 is 18.9 Å². The van der Waals surface area contributed by atoms with Gasteiger partial charge in [-0.2, -0.15) is 0 Å². The average molecular weight is 570 g/mol. The molecule has 0 aromatic heterocycles. The summed E-state index contributed by atoms with van der Waals surface area (Å²) in [6.07, 6.45) is 8.39. The van der Waals surface area contributed by atoms with Gasteiger partial charge in [-0.25, -0.2) is 0 Å². The molecular formula is C24H26Br2O6. The fourth-order valence-corrected chi connectivity index (χ4v) is 9.46. The summed E-state index contributed by atoms with van der Waals surface area (Å²) in [5, 5.41) is 0. The molecule has 8 atom stereocenters. The van der Waals surface area contributed by atoms with Gasteiger partial charge in [0.15, 0.2) is 22.8 Å². The summed E-state index contributed by atoms with van der Waals surface area (Å²) in [6, 6.07) is 0. The van der Waals surface area contributed by atoms with E-state index >= 15 is 0 Å². The highest BCUT2D eigenvalue weighted by molar-refractivity contribution is 9.12. The van der Waals surface area contributed by atoms with Gasteiger partial charge in [0.05, 0.1) is 37.3 Å². The van der Waals surface area contributed by atoms with E-state index in [1.165, 1.54) is 0 Å². The Kier molecular flexibility index (Phi) is 4.34. The number of hydrogen-bond donors (Lipinski definition) is 0. The van der Waals surface area contributed by atoms with Gasteiger partial charge in [0.1, 0.15) is 0 Å². The number of carbonyl (C=O) groups excluding carboxylic acids is 2. The zero-order valence-electron chi connectivity index (χ0n) is 17.7. The molecule has 6 nitrogen and oxygen atoms in total. The van der Waals surface area contributed by atoms with Crippen LogP contribution in [-0.4, -0.2) is 62.4 Å². The summed E-state index contributed by atoms with van der Waals surface area (Å²) in [5.74, 6) is 2.04. The lowest BCUT2D eigenvalue weighted by atomic mass is 9.53. The van der Waals surface area contributed by atoms with Crippen molar-refractivity contribution < 1.29 is 28.5 Å². The van der Waals surface area contributed by atoms with Crippen LogP contribution in [0.4, 0.5) is 0 Å². The molecule has 4 saturated heterocycles. The predicted molar refractivity (Wildman–Crippen MR) is 120 cm³/mol. The molecule has 4 aliphatic heterocycles. The maximum Gasteiger partial charge on any atom is 0.180 e. The smallest absolute Gasteiger partial charge is 0.180 e. The van der Waals surface area contributed by atoms with Gasteiger partial charge in [0, 0.05) is 25.0 Å². The normalized spacial score (nSPS) is 53.8. The van der Waals surface area contributed by atoms with Crippen LogP contribution in [0, 0.1) is 34.5 Å². The summed E-state index contributed by atoms with van der Waals surface area (Å²) in [6.45, 7) is 3.89. The van der Waals surface area contributed by atoms with E-state index in [1.54, 1.807) is 0 Å². The van der Waals surface area contributed by atoms with Crippen molar-refractivity contribution in [2.75, 3.05) is 39.6 Å². The van der Waals surface area contributed by atoms with E-state index in [0.717, 1.165) is 47.9 Å². The number of ketones is 2. The van der Waals surface area contributed by atoms with Crippen LogP contribution in [-0.2, 0) is 28.5 Å². The first-order valence-electron chi connectivity index (χ1n) is 11.7. The zero-order chi connectivity index (χ0) is 21.9. The highest BCUT2D eigenvalue weighted by Gasteiger charge is 2.73. The molecule has 0 N–H and O–H groups in total.